The maximum Gasteiger partial charge on any atom is 0.326 e. The minimum Gasteiger partial charge on any atom is -0.495 e. The molecule has 1 aliphatic heterocycles. The summed E-state index contributed by atoms with van der Waals surface area (Å²) in [6.07, 6.45) is 2.26. The van der Waals surface area contributed by atoms with Crippen molar-refractivity contribution in [3.05, 3.63) is 46.2 Å². The molecule has 7 nitrogen and oxygen atoms in total. The summed E-state index contributed by atoms with van der Waals surface area (Å²) in [6.45, 7) is 1.55. The third-order valence-corrected chi connectivity index (χ3v) is 6.40. The maximum atomic E-state index is 13.3. The zero-order valence-corrected chi connectivity index (χ0v) is 16.5. The fourth-order valence-corrected chi connectivity index (χ4v) is 4.96. The minimum atomic E-state index is -1.05. The first-order chi connectivity index (χ1) is 13.5. The molecule has 4 amide bonds. The Labute approximate surface area is 166 Å². The van der Waals surface area contributed by atoms with Crippen molar-refractivity contribution in [1.29, 1.82) is 0 Å². The normalized spacial score (nSPS) is 22.0. The van der Waals surface area contributed by atoms with Crippen LogP contribution >= 0.6 is 11.3 Å². The SMILES string of the molecule is COc1ccccc1NC(=O)[C@@H](C)N1C(=O)N[C@@]2(CCCc3sccc32)C1=O. The summed E-state index contributed by atoms with van der Waals surface area (Å²) in [5.41, 5.74) is 0.298. The van der Waals surface area contributed by atoms with E-state index in [0.717, 1.165) is 28.2 Å². The first-order valence-corrected chi connectivity index (χ1v) is 10.0. The summed E-state index contributed by atoms with van der Waals surface area (Å²) in [7, 11) is 1.51. The van der Waals surface area contributed by atoms with Gasteiger partial charge in [0.25, 0.3) is 5.91 Å². The van der Waals surface area contributed by atoms with Gasteiger partial charge in [-0.15, -0.1) is 11.3 Å². The predicted molar refractivity (Wildman–Crippen MR) is 105 cm³/mol. The molecule has 1 aromatic carbocycles. The van der Waals surface area contributed by atoms with Crippen molar-refractivity contribution >= 4 is 34.9 Å². The number of ether oxygens (including phenoxy) is 1. The molecule has 2 aliphatic rings. The predicted octanol–water partition coefficient (Wildman–Crippen LogP) is 2.87. The number of carbonyl (C=O) groups excluding carboxylic acids is 3. The number of benzene rings is 1. The van der Waals surface area contributed by atoms with Gasteiger partial charge in [-0.3, -0.25) is 9.59 Å². The van der Waals surface area contributed by atoms with Crippen LogP contribution in [0.4, 0.5) is 10.5 Å². The standard InChI is InChI=1S/C20H21N3O4S/c1-12(17(24)21-14-6-3-4-7-15(14)27-2)23-18(25)20(22-19(23)26)10-5-8-16-13(20)9-11-28-16/h3-4,6-7,9,11-12H,5,8,10H2,1-2H3,(H,21,24)(H,22,26)/t12-,20-/m1/s1. The third kappa shape index (κ3) is 2.75. The molecule has 1 fully saturated rings. The van der Waals surface area contributed by atoms with Gasteiger partial charge in [0.15, 0.2) is 0 Å². The van der Waals surface area contributed by atoms with E-state index in [0.29, 0.717) is 17.9 Å². The average molecular weight is 399 g/mol. The Kier molecular flexibility index (Phi) is 4.58. The largest absolute Gasteiger partial charge is 0.495 e. The molecule has 2 atom stereocenters. The van der Waals surface area contributed by atoms with E-state index in [9.17, 15) is 14.4 Å². The van der Waals surface area contributed by atoms with Crippen LogP contribution in [0.1, 0.15) is 30.2 Å². The lowest BCUT2D eigenvalue weighted by atomic mass is 9.80. The minimum absolute atomic E-state index is 0.362. The number of rotatable bonds is 4. The number of nitrogens with zero attached hydrogens (tertiary/aromatic N) is 1. The molecule has 2 aromatic rings. The van der Waals surface area contributed by atoms with Crippen molar-refractivity contribution in [1.82, 2.24) is 10.2 Å². The molecular formula is C20H21N3O4S. The number of hydrogen-bond donors (Lipinski definition) is 2. The molecule has 146 valence electrons. The van der Waals surface area contributed by atoms with Gasteiger partial charge in [0, 0.05) is 10.4 Å². The van der Waals surface area contributed by atoms with Gasteiger partial charge < -0.3 is 15.4 Å². The Morgan fingerprint density at radius 2 is 2.11 bits per heavy atom. The number of fused-ring (bicyclic) bond motifs is 2. The summed E-state index contributed by atoms with van der Waals surface area (Å²) in [5, 5.41) is 7.56. The van der Waals surface area contributed by atoms with Crippen LogP contribution in [0.5, 0.6) is 5.75 Å². The zero-order chi connectivity index (χ0) is 19.9. The number of urea groups is 1. The van der Waals surface area contributed by atoms with Gasteiger partial charge in [-0.1, -0.05) is 12.1 Å². The number of amides is 4. The molecule has 0 unspecified atom stereocenters. The highest BCUT2D eigenvalue weighted by Crippen LogP contribution is 2.42. The van der Waals surface area contributed by atoms with Crippen LogP contribution in [0.2, 0.25) is 0 Å². The van der Waals surface area contributed by atoms with Crippen LogP contribution in [0, 0.1) is 0 Å². The number of anilines is 1. The van der Waals surface area contributed by atoms with E-state index in [1.165, 1.54) is 7.11 Å². The highest BCUT2D eigenvalue weighted by atomic mass is 32.1. The highest BCUT2D eigenvalue weighted by Gasteiger charge is 2.56. The van der Waals surface area contributed by atoms with Crippen LogP contribution in [0.3, 0.4) is 0 Å². The molecule has 1 aliphatic carbocycles. The van der Waals surface area contributed by atoms with Gasteiger partial charge in [-0.2, -0.15) is 0 Å². The van der Waals surface area contributed by atoms with Gasteiger partial charge in [-0.05, 0) is 49.8 Å². The number of para-hydroxylation sites is 2. The lowest BCUT2D eigenvalue weighted by Crippen LogP contribution is -2.49. The Morgan fingerprint density at radius 3 is 2.89 bits per heavy atom. The summed E-state index contributed by atoms with van der Waals surface area (Å²) in [4.78, 5) is 41.0. The summed E-state index contributed by atoms with van der Waals surface area (Å²) in [5.74, 6) is -0.308. The Bertz CT molecular complexity index is 956. The molecule has 8 heteroatoms. The molecule has 0 saturated carbocycles. The van der Waals surface area contributed by atoms with E-state index < -0.39 is 23.5 Å². The van der Waals surface area contributed by atoms with Crippen molar-refractivity contribution in [3.8, 4) is 5.75 Å². The van der Waals surface area contributed by atoms with Gasteiger partial charge in [0.1, 0.15) is 17.3 Å². The van der Waals surface area contributed by atoms with E-state index in [2.05, 4.69) is 10.6 Å². The van der Waals surface area contributed by atoms with Crippen molar-refractivity contribution < 1.29 is 19.1 Å². The summed E-state index contributed by atoms with van der Waals surface area (Å²) < 4.78 is 5.24. The van der Waals surface area contributed by atoms with E-state index in [-0.39, 0.29) is 5.91 Å². The smallest absolute Gasteiger partial charge is 0.326 e. The van der Waals surface area contributed by atoms with Crippen LogP contribution in [0.15, 0.2) is 35.7 Å². The second-order valence-electron chi connectivity index (χ2n) is 6.99. The highest BCUT2D eigenvalue weighted by molar-refractivity contribution is 7.10. The second-order valence-corrected chi connectivity index (χ2v) is 7.99. The van der Waals surface area contributed by atoms with Gasteiger partial charge >= 0.3 is 6.03 Å². The van der Waals surface area contributed by atoms with Crippen LogP contribution in [-0.4, -0.2) is 35.9 Å². The first-order valence-electron chi connectivity index (χ1n) is 9.14. The quantitative estimate of drug-likeness (QED) is 0.774. The number of thiophene rings is 1. The Hall–Kier alpha value is -2.87. The number of hydrogen-bond acceptors (Lipinski definition) is 5. The maximum absolute atomic E-state index is 13.3. The van der Waals surface area contributed by atoms with Gasteiger partial charge in [0.05, 0.1) is 12.8 Å². The van der Waals surface area contributed by atoms with Gasteiger partial charge in [-0.25, -0.2) is 9.69 Å². The summed E-state index contributed by atoms with van der Waals surface area (Å²) in [6, 6.07) is 7.40. The average Bonchev–Trinajstić information content (AvgIpc) is 3.26. The summed E-state index contributed by atoms with van der Waals surface area (Å²) >= 11 is 1.60. The van der Waals surface area contributed by atoms with Crippen LogP contribution < -0.4 is 15.4 Å². The first kappa shape index (κ1) is 18.5. The number of carbonyl (C=O) groups is 3. The van der Waals surface area contributed by atoms with Gasteiger partial charge in [0.2, 0.25) is 5.91 Å². The number of nitrogens with one attached hydrogen (secondary N) is 2. The molecule has 0 radical (unpaired) electrons. The molecule has 4 rings (SSSR count). The lowest BCUT2D eigenvalue weighted by molar-refractivity contribution is -0.137. The van der Waals surface area contributed by atoms with Crippen LogP contribution in [0.25, 0.3) is 0 Å². The van der Waals surface area contributed by atoms with Crippen molar-refractivity contribution in [3.63, 3.8) is 0 Å². The number of imide groups is 1. The molecule has 28 heavy (non-hydrogen) atoms. The van der Waals surface area contributed by atoms with Crippen molar-refractivity contribution in [2.24, 2.45) is 0 Å². The zero-order valence-electron chi connectivity index (χ0n) is 15.7. The second kappa shape index (κ2) is 6.94. The molecular weight excluding hydrogens is 378 g/mol. The van der Waals surface area contributed by atoms with Crippen LogP contribution in [-0.2, 0) is 21.5 Å². The monoisotopic (exact) mass is 399 g/mol. The molecule has 2 N–H and O–H groups in total. The number of aryl methyl sites for hydroxylation is 1. The van der Waals surface area contributed by atoms with E-state index >= 15 is 0 Å². The molecule has 1 spiro atoms. The fourth-order valence-electron chi connectivity index (χ4n) is 3.96. The van der Waals surface area contributed by atoms with E-state index in [1.54, 1.807) is 42.5 Å². The Balaban J connectivity index is 1.59. The van der Waals surface area contributed by atoms with Crippen molar-refractivity contribution in [2.45, 2.75) is 37.8 Å². The third-order valence-electron chi connectivity index (χ3n) is 5.42. The molecule has 0 bridgehead atoms. The molecule has 1 aromatic heterocycles. The fraction of sp³-hybridized carbons (Fsp3) is 0.350. The van der Waals surface area contributed by atoms with E-state index in [1.807, 2.05) is 11.4 Å². The molecule has 2 heterocycles. The van der Waals surface area contributed by atoms with E-state index in [4.69, 9.17) is 4.74 Å². The number of methoxy groups -OCH3 is 1. The molecule has 1 saturated heterocycles. The Morgan fingerprint density at radius 1 is 1.32 bits per heavy atom. The topological polar surface area (TPSA) is 87.7 Å². The lowest BCUT2D eigenvalue weighted by Gasteiger charge is -2.31. The van der Waals surface area contributed by atoms with Crippen molar-refractivity contribution in [2.75, 3.05) is 12.4 Å².